The van der Waals surface area contributed by atoms with E-state index in [1.165, 1.54) is 0 Å². The number of nitrogens with zero attached hydrogens (tertiary/aromatic N) is 3. The number of esters is 1. The van der Waals surface area contributed by atoms with Crippen molar-refractivity contribution in [1.82, 2.24) is 10.1 Å². The van der Waals surface area contributed by atoms with Gasteiger partial charge in [0.25, 0.3) is 5.91 Å². The lowest BCUT2D eigenvalue weighted by molar-refractivity contribution is -0.140. The van der Waals surface area contributed by atoms with Crippen LogP contribution in [0.15, 0.2) is 34.9 Å². The van der Waals surface area contributed by atoms with Crippen LogP contribution in [0.2, 0.25) is 0 Å². The van der Waals surface area contributed by atoms with E-state index in [2.05, 4.69) is 22.2 Å². The van der Waals surface area contributed by atoms with E-state index < -0.39 is 12.1 Å². The first-order valence-corrected chi connectivity index (χ1v) is 9.26. The van der Waals surface area contributed by atoms with Crippen LogP contribution in [0.5, 0.6) is 0 Å². The standard InChI is InChI=1S/C20H25N3O4/c1-4-17-18(14(2)27-21-17)20(25)26-15(3)19(24)23-12-10-22(11-13-23)16-8-6-5-7-9-16/h5-9,15H,4,10-13H2,1-3H3. The van der Waals surface area contributed by atoms with Crippen LogP contribution >= 0.6 is 0 Å². The first kappa shape index (κ1) is 18.9. The maximum Gasteiger partial charge on any atom is 0.344 e. The summed E-state index contributed by atoms with van der Waals surface area (Å²) in [7, 11) is 0. The third kappa shape index (κ3) is 4.13. The Bertz CT molecular complexity index is 795. The molecule has 1 saturated heterocycles. The molecule has 1 atom stereocenters. The largest absolute Gasteiger partial charge is 0.449 e. The molecule has 2 heterocycles. The fraction of sp³-hybridized carbons (Fsp3) is 0.450. The average Bonchev–Trinajstić information content (AvgIpc) is 3.08. The number of carbonyl (C=O) groups excluding carboxylic acids is 2. The molecule has 144 valence electrons. The van der Waals surface area contributed by atoms with E-state index >= 15 is 0 Å². The second kappa shape index (κ2) is 8.24. The van der Waals surface area contributed by atoms with Gasteiger partial charge in [-0.1, -0.05) is 30.3 Å². The van der Waals surface area contributed by atoms with Gasteiger partial charge in [0.05, 0.1) is 5.69 Å². The van der Waals surface area contributed by atoms with E-state index in [4.69, 9.17) is 9.26 Å². The zero-order valence-corrected chi connectivity index (χ0v) is 16.0. The normalized spacial score (nSPS) is 15.5. The predicted octanol–water partition coefficient (Wildman–Crippen LogP) is 2.44. The van der Waals surface area contributed by atoms with Crippen molar-refractivity contribution in [2.24, 2.45) is 0 Å². The van der Waals surface area contributed by atoms with Crippen LogP contribution in [0.1, 0.15) is 35.7 Å². The van der Waals surface area contributed by atoms with Crippen molar-refractivity contribution in [3.63, 3.8) is 0 Å². The molecule has 1 aromatic heterocycles. The lowest BCUT2D eigenvalue weighted by Gasteiger charge is -2.37. The maximum absolute atomic E-state index is 12.7. The number of anilines is 1. The summed E-state index contributed by atoms with van der Waals surface area (Å²) < 4.78 is 10.5. The molecule has 7 heteroatoms. The molecule has 0 saturated carbocycles. The third-order valence-electron chi connectivity index (χ3n) is 4.82. The van der Waals surface area contributed by atoms with Gasteiger partial charge in [-0.2, -0.15) is 0 Å². The van der Waals surface area contributed by atoms with E-state index in [1.807, 2.05) is 25.1 Å². The number of hydrogen-bond donors (Lipinski definition) is 0. The Morgan fingerprint density at radius 3 is 2.48 bits per heavy atom. The molecule has 0 radical (unpaired) electrons. The first-order valence-electron chi connectivity index (χ1n) is 9.26. The molecular weight excluding hydrogens is 346 g/mol. The van der Waals surface area contributed by atoms with Crippen LogP contribution < -0.4 is 4.90 Å². The van der Waals surface area contributed by atoms with Crippen molar-refractivity contribution in [2.45, 2.75) is 33.3 Å². The predicted molar refractivity (Wildman–Crippen MR) is 101 cm³/mol. The molecule has 0 N–H and O–H groups in total. The Morgan fingerprint density at radius 1 is 1.19 bits per heavy atom. The summed E-state index contributed by atoms with van der Waals surface area (Å²) in [5.74, 6) is -0.328. The summed E-state index contributed by atoms with van der Waals surface area (Å²) in [6, 6.07) is 10.1. The molecule has 3 rings (SSSR count). The highest BCUT2D eigenvalue weighted by atomic mass is 16.5. The highest BCUT2D eigenvalue weighted by Crippen LogP contribution is 2.18. The van der Waals surface area contributed by atoms with Crippen molar-refractivity contribution >= 4 is 17.6 Å². The van der Waals surface area contributed by atoms with Gasteiger partial charge >= 0.3 is 5.97 Å². The summed E-state index contributed by atoms with van der Waals surface area (Å²) >= 11 is 0. The van der Waals surface area contributed by atoms with E-state index in [0.29, 0.717) is 36.5 Å². The minimum Gasteiger partial charge on any atom is -0.449 e. The number of ether oxygens (including phenoxy) is 1. The Kier molecular flexibility index (Phi) is 5.78. The van der Waals surface area contributed by atoms with Crippen LogP contribution in [0, 0.1) is 6.92 Å². The van der Waals surface area contributed by atoms with Gasteiger partial charge in [-0.15, -0.1) is 0 Å². The zero-order valence-electron chi connectivity index (χ0n) is 16.0. The fourth-order valence-electron chi connectivity index (χ4n) is 3.27. The van der Waals surface area contributed by atoms with Gasteiger partial charge in [0.1, 0.15) is 11.3 Å². The molecule has 1 aliphatic rings. The Labute approximate surface area is 158 Å². The molecular formula is C20H25N3O4. The highest BCUT2D eigenvalue weighted by molar-refractivity contribution is 5.94. The number of carbonyl (C=O) groups is 2. The lowest BCUT2D eigenvalue weighted by Crippen LogP contribution is -2.51. The number of benzene rings is 1. The minimum absolute atomic E-state index is 0.178. The van der Waals surface area contributed by atoms with E-state index in [1.54, 1.807) is 18.7 Å². The van der Waals surface area contributed by atoms with E-state index in [9.17, 15) is 9.59 Å². The first-order chi connectivity index (χ1) is 13.0. The molecule has 1 aliphatic heterocycles. The summed E-state index contributed by atoms with van der Waals surface area (Å²) in [6.45, 7) is 7.86. The summed E-state index contributed by atoms with van der Waals surface area (Å²) in [4.78, 5) is 29.1. The molecule has 1 unspecified atom stereocenters. The molecule has 27 heavy (non-hydrogen) atoms. The number of hydrogen-bond acceptors (Lipinski definition) is 6. The third-order valence-corrected chi connectivity index (χ3v) is 4.82. The van der Waals surface area contributed by atoms with Gasteiger partial charge in [0.2, 0.25) is 0 Å². The average molecular weight is 371 g/mol. The molecule has 0 aliphatic carbocycles. The summed E-state index contributed by atoms with van der Waals surface area (Å²) in [5, 5.41) is 3.86. The van der Waals surface area contributed by atoms with Crippen molar-refractivity contribution < 1.29 is 18.8 Å². The van der Waals surface area contributed by atoms with Crippen molar-refractivity contribution in [2.75, 3.05) is 31.1 Å². The van der Waals surface area contributed by atoms with Crippen LogP contribution in [-0.4, -0.2) is 54.2 Å². The molecule has 0 bridgehead atoms. The zero-order chi connectivity index (χ0) is 19.4. The van der Waals surface area contributed by atoms with Gasteiger partial charge < -0.3 is 19.1 Å². The van der Waals surface area contributed by atoms with Crippen LogP contribution in [-0.2, 0) is 16.0 Å². The SMILES string of the molecule is CCc1noc(C)c1C(=O)OC(C)C(=O)N1CCN(c2ccccc2)CC1. The topological polar surface area (TPSA) is 75.9 Å². The molecule has 1 fully saturated rings. The molecule has 2 aromatic rings. The fourth-order valence-corrected chi connectivity index (χ4v) is 3.27. The van der Waals surface area contributed by atoms with Crippen molar-refractivity contribution in [3.8, 4) is 0 Å². The second-order valence-electron chi connectivity index (χ2n) is 6.61. The molecule has 1 aromatic carbocycles. The van der Waals surface area contributed by atoms with E-state index in [0.717, 1.165) is 18.8 Å². The summed E-state index contributed by atoms with van der Waals surface area (Å²) in [5.41, 5.74) is 2.03. The van der Waals surface area contributed by atoms with Crippen molar-refractivity contribution in [3.05, 3.63) is 47.3 Å². The number of piperazine rings is 1. The monoisotopic (exact) mass is 371 g/mol. The summed E-state index contributed by atoms with van der Waals surface area (Å²) in [6.07, 6.45) is -0.286. The molecule has 1 amide bonds. The van der Waals surface area contributed by atoms with Crippen molar-refractivity contribution in [1.29, 1.82) is 0 Å². The second-order valence-corrected chi connectivity index (χ2v) is 6.61. The smallest absolute Gasteiger partial charge is 0.344 e. The minimum atomic E-state index is -0.847. The number of aryl methyl sites for hydroxylation is 2. The Hall–Kier alpha value is -2.83. The Balaban J connectivity index is 1.56. The van der Waals surface area contributed by atoms with Gasteiger partial charge in [0, 0.05) is 31.9 Å². The molecule has 7 nitrogen and oxygen atoms in total. The van der Waals surface area contributed by atoms with Crippen LogP contribution in [0.3, 0.4) is 0 Å². The number of amides is 1. The highest BCUT2D eigenvalue weighted by Gasteiger charge is 2.29. The molecule has 0 spiro atoms. The number of rotatable bonds is 5. The van der Waals surface area contributed by atoms with Crippen LogP contribution in [0.25, 0.3) is 0 Å². The lowest BCUT2D eigenvalue weighted by atomic mass is 10.1. The van der Waals surface area contributed by atoms with E-state index in [-0.39, 0.29) is 5.91 Å². The van der Waals surface area contributed by atoms with Crippen LogP contribution in [0.4, 0.5) is 5.69 Å². The number of aromatic nitrogens is 1. The van der Waals surface area contributed by atoms with Gasteiger partial charge in [-0.25, -0.2) is 4.79 Å². The Morgan fingerprint density at radius 2 is 1.85 bits per heavy atom. The quantitative estimate of drug-likeness (QED) is 0.752. The van der Waals surface area contributed by atoms with Gasteiger partial charge in [0.15, 0.2) is 6.10 Å². The number of para-hydroxylation sites is 1. The van der Waals surface area contributed by atoms with Gasteiger partial charge in [-0.05, 0) is 32.4 Å². The van der Waals surface area contributed by atoms with Gasteiger partial charge in [-0.3, -0.25) is 4.79 Å². The maximum atomic E-state index is 12.7.